The van der Waals surface area contributed by atoms with Gasteiger partial charge in [0.15, 0.2) is 11.0 Å². The summed E-state index contributed by atoms with van der Waals surface area (Å²) in [6.07, 6.45) is 0. The third kappa shape index (κ3) is 2.21. The Bertz CT molecular complexity index is 503. The summed E-state index contributed by atoms with van der Waals surface area (Å²) in [6.45, 7) is 1.32. The van der Waals surface area contributed by atoms with Crippen LogP contribution in [0, 0.1) is 0 Å². The lowest BCUT2D eigenvalue weighted by Crippen LogP contribution is -2.22. The molecule has 1 aromatic carbocycles. The first-order valence-electron chi connectivity index (χ1n) is 4.21. The predicted octanol–water partition coefficient (Wildman–Crippen LogP) is 1.45. The van der Waals surface area contributed by atoms with E-state index in [0.717, 1.165) is 10.2 Å². The van der Waals surface area contributed by atoms with Gasteiger partial charge >= 0.3 is 0 Å². The lowest BCUT2D eigenvalue weighted by atomic mass is 10.3. The number of benzene rings is 1. The fraction of sp³-hybridized carbons (Fsp3) is 0.111. The van der Waals surface area contributed by atoms with E-state index in [1.165, 1.54) is 18.3 Å². The highest BCUT2D eigenvalue weighted by molar-refractivity contribution is 7.86. The third-order valence-electron chi connectivity index (χ3n) is 1.67. The molecule has 1 atom stereocenters. The van der Waals surface area contributed by atoms with Crippen LogP contribution in [-0.2, 0) is 15.8 Å². The molecule has 0 saturated heterocycles. The second-order valence-electron chi connectivity index (χ2n) is 2.87. The average molecular weight is 240 g/mol. The number of carbonyl (C=O) groups is 1. The van der Waals surface area contributed by atoms with Crippen molar-refractivity contribution < 1.29 is 9.00 Å². The maximum atomic E-state index is 11.6. The van der Waals surface area contributed by atoms with Crippen molar-refractivity contribution in [1.29, 1.82) is 0 Å². The summed E-state index contributed by atoms with van der Waals surface area (Å²) >= 11 is 1.32. The van der Waals surface area contributed by atoms with Crippen molar-refractivity contribution in [1.82, 2.24) is 9.71 Å². The molecule has 2 rings (SSSR count). The fourth-order valence-electron chi connectivity index (χ4n) is 1.10. The first-order valence-corrected chi connectivity index (χ1v) is 6.18. The number of nitrogens with one attached hydrogen (secondary N) is 1. The second-order valence-corrected chi connectivity index (χ2v) is 5.29. The van der Waals surface area contributed by atoms with Gasteiger partial charge in [0, 0.05) is 6.92 Å². The Kier molecular flexibility index (Phi) is 2.79. The van der Waals surface area contributed by atoms with Gasteiger partial charge in [0.25, 0.3) is 0 Å². The highest BCUT2D eigenvalue weighted by atomic mass is 32.2. The van der Waals surface area contributed by atoms with Gasteiger partial charge in [-0.2, -0.15) is 0 Å². The molecule has 1 heterocycles. The van der Waals surface area contributed by atoms with Crippen LogP contribution in [0.2, 0.25) is 0 Å². The van der Waals surface area contributed by atoms with E-state index < -0.39 is 11.0 Å². The molecule has 6 heteroatoms. The van der Waals surface area contributed by atoms with Crippen LogP contribution in [0.15, 0.2) is 28.6 Å². The summed E-state index contributed by atoms with van der Waals surface area (Å²) in [5.74, 6) is -0.326. The number of para-hydroxylation sites is 1. The van der Waals surface area contributed by atoms with E-state index in [4.69, 9.17) is 0 Å². The number of aromatic nitrogens is 1. The van der Waals surface area contributed by atoms with Crippen molar-refractivity contribution in [2.75, 3.05) is 0 Å². The Morgan fingerprint density at radius 1 is 1.47 bits per heavy atom. The van der Waals surface area contributed by atoms with Gasteiger partial charge in [-0.1, -0.05) is 12.1 Å². The molecule has 0 radical (unpaired) electrons. The van der Waals surface area contributed by atoms with Crippen LogP contribution in [0.5, 0.6) is 0 Å². The standard InChI is InChI=1S/C9H8N2O2S2/c1-6(12)11-15(13)9-10-7-4-2-3-5-8(7)14-9/h2-5H,1H3,(H,11,12). The molecule has 0 aliphatic heterocycles. The topological polar surface area (TPSA) is 59.1 Å². The van der Waals surface area contributed by atoms with Crippen molar-refractivity contribution in [3.63, 3.8) is 0 Å². The Morgan fingerprint density at radius 3 is 2.87 bits per heavy atom. The molecule has 0 fully saturated rings. The highest BCUT2D eigenvalue weighted by Gasteiger charge is 2.10. The van der Waals surface area contributed by atoms with Crippen molar-refractivity contribution in [2.24, 2.45) is 0 Å². The first-order chi connectivity index (χ1) is 7.16. The zero-order valence-electron chi connectivity index (χ0n) is 7.89. The van der Waals surface area contributed by atoms with E-state index in [0.29, 0.717) is 4.34 Å². The van der Waals surface area contributed by atoms with Gasteiger partial charge < -0.3 is 0 Å². The summed E-state index contributed by atoms with van der Waals surface area (Å²) in [6, 6.07) is 7.51. The number of nitrogens with zero attached hydrogens (tertiary/aromatic N) is 1. The van der Waals surface area contributed by atoms with Crippen LogP contribution in [0.25, 0.3) is 10.2 Å². The minimum Gasteiger partial charge on any atom is -0.274 e. The maximum absolute atomic E-state index is 11.6. The van der Waals surface area contributed by atoms with E-state index in [2.05, 4.69) is 9.71 Å². The molecule has 1 aromatic heterocycles. The summed E-state index contributed by atoms with van der Waals surface area (Å²) < 4.78 is 15.2. The average Bonchev–Trinajstić information content (AvgIpc) is 2.59. The molecule has 1 unspecified atom stereocenters. The smallest absolute Gasteiger partial charge is 0.228 e. The minimum atomic E-state index is -1.54. The molecule has 1 amide bonds. The van der Waals surface area contributed by atoms with Crippen molar-refractivity contribution in [3.05, 3.63) is 24.3 Å². The molecule has 78 valence electrons. The molecule has 0 aliphatic rings. The van der Waals surface area contributed by atoms with Gasteiger partial charge in [0.05, 0.1) is 10.2 Å². The lowest BCUT2D eigenvalue weighted by molar-refractivity contribution is -0.117. The molecule has 4 nitrogen and oxygen atoms in total. The molecular weight excluding hydrogens is 232 g/mol. The van der Waals surface area contributed by atoms with Gasteiger partial charge in [0.1, 0.15) is 0 Å². The molecule has 2 aromatic rings. The third-order valence-corrected chi connectivity index (χ3v) is 4.09. The minimum absolute atomic E-state index is 0.326. The molecule has 15 heavy (non-hydrogen) atoms. The SMILES string of the molecule is CC(=O)NS(=O)c1nc2ccccc2s1. The number of amides is 1. The molecule has 0 aliphatic carbocycles. The monoisotopic (exact) mass is 240 g/mol. The van der Waals surface area contributed by atoms with E-state index in [1.807, 2.05) is 24.3 Å². The van der Waals surface area contributed by atoms with Crippen molar-refractivity contribution in [2.45, 2.75) is 11.3 Å². The van der Waals surface area contributed by atoms with Gasteiger partial charge in [-0.3, -0.25) is 9.52 Å². The largest absolute Gasteiger partial charge is 0.274 e. The summed E-state index contributed by atoms with van der Waals surface area (Å²) in [4.78, 5) is 14.9. The normalized spacial score (nSPS) is 12.6. The molecule has 0 bridgehead atoms. The predicted molar refractivity (Wildman–Crippen MR) is 59.8 cm³/mol. The summed E-state index contributed by atoms with van der Waals surface area (Å²) in [5, 5.41) is 0. The van der Waals surface area contributed by atoms with Crippen LogP contribution in [0.3, 0.4) is 0 Å². The zero-order chi connectivity index (χ0) is 10.8. The van der Waals surface area contributed by atoms with Crippen LogP contribution in [0.1, 0.15) is 6.92 Å². The first kappa shape index (κ1) is 10.3. The van der Waals surface area contributed by atoms with Gasteiger partial charge in [-0.25, -0.2) is 9.19 Å². The van der Waals surface area contributed by atoms with Gasteiger partial charge in [-0.15, -0.1) is 11.3 Å². The summed E-state index contributed by atoms with van der Waals surface area (Å²) in [5.41, 5.74) is 0.802. The van der Waals surface area contributed by atoms with Gasteiger partial charge in [0.2, 0.25) is 10.2 Å². The molecule has 0 saturated carbocycles. The number of thiazole rings is 1. The number of rotatable bonds is 2. The number of hydrogen-bond acceptors (Lipinski definition) is 4. The molecule has 0 spiro atoms. The Balaban J connectivity index is 2.36. The Labute approximate surface area is 92.9 Å². The molecular formula is C9H8N2O2S2. The van der Waals surface area contributed by atoms with Crippen LogP contribution < -0.4 is 4.72 Å². The lowest BCUT2D eigenvalue weighted by Gasteiger charge is -1.95. The number of fused-ring (bicyclic) bond motifs is 1. The van der Waals surface area contributed by atoms with Crippen molar-refractivity contribution >= 4 is 38.4 Å². The molecule has 1 N–H and O–H groups in total. The number of carbonyl (C=O) groups excluding carboxylic acids is 1. The van der Waals surface area contributed by atoms with Crippen LogP contribution >= 0.6 is 11.3 Å². The fourth-order valence-corrected chi connectivity index (χ4v) is 3.03. The van der Waals surface area contributed by atoms with Gasteiger partial charge in [-0.05, 0) is 12.1 Å². The summed E-state index contributed by atoms with van der Waals surface area (Å²) in [7, 11) is -1.54. The van der Waals surface area contributed by atoms with Crippen molar-refractivity contribution in [3.8, 4) is 0 Å². The highest BCUT2D eigenvalue weighted by Crippen LogP contribution is 2.23. The Hall–Kier alpha value is -1.27. The van der Waals surface area contributed by atoms with Crippen LogP contribution in [-0.4, -0.2) is 15.1 Å². The zero-order valence-corrected chi connectivity index (χ0v) is 9.52. The maximum Gasteiger partial charge on any atom is 0.228 e. The number of hydrogen-bond donors (Lipinski definition) is 1. The second kappa shape index (κ2) is 4.08. The van der Waals surface area contributed by atoms with E-state index >= 15 is 0 Å². The van der Waals surface area contributed by atoms with E-state index in [9.17, 15) is 9.00 Å². The van der Waals surface area contributed by atoms with Crippen LogP contribution in [0.4, 0.5) is 0 Å². The quantitative estimate of drug-likeness (QED) is 0.864. The Morgan fingerprint density at radius 2 is 2.20 bits per heavy atom. The van der Waals surface area contributed by atoms with E-state index in [1.54, 1.807) is 0 Å². The van der Waals surface area contributed by atoms with E-state index in [-0.39, 0.29) is 5.91 Å².